The highest BCUT2D eigenvalue weighted by molar-refractivity contribution is 5.74. The first-order valence-electron chi connectivity index (χ1n) is 11.1. The van der Waals surface area contributed by atoms with Crippen molar-refractivity contribution in [1.29, 1.82) is 0 Å². The summed E-state index contributed by atoms with van der Waals surface area (Å²) in [5.74, 6) is 1.51. The molecule has 2 fully saturated rings. The van der Waals surface area contributed by atoms with Crippen molar-refractivity contribution in [3.05, 3.63) is 59.7 Å². The van der Waals surface area contributed by atoms with Gasteiger partial charge in [-0.15, -0.1) is 0 Å². The van der Waals surface area contributed by atoms with Crippen LogP contribution in [0.15, 0.2) is 48.5 Å². The molecule has 6 heteroatoms. The SMILES string of the molecule is COc1ccc(OC)c(CN(C)C(=O)NC2CC3CCC(C2)N3Cc2ccccc2)c1. The summed E-state index contributed by atoms with van der Waals surface area (Å²) in [7, 11) is 5.11. The maximum absolute atomic E-state index is 12.9. The maximum Gasteiger partial charge on any atom is 0.317 e. The lowest BCUT2D eigenvalue weighted by Gasteiger charge is -2.39. The van der Waals surface area contributed by atoms with Crippen LogP contribution < -0.4 is 14.8 Å². The molecule has 0 aliphatic carbocycles. The fourth-order valence-corrected chi connectivity index (χ4v) is 5.06. The molecule has 2 unspecified atom stereocenters. The molecule has 166 valence electrons. The van der Waals surface area contributed by atoms with Crippen LogP contribution in [-0.2, 0) is 13.1 Å². The Bertz CT molecular complexity index is 875. The Balaban J connectivity index is 1.34. The molecule has 0 saturated carbocycles. The first-order valence-corrected chi connectivity index (χ1v) is 11.1. The molecule has 31 heavy (non-hydrogen) atoms. The maximum atomic E-state index is 12.9. The Morgan fingerprint density at radius 1 is 1.06 bits per heavy atom. The highest BCUT2D eigenvalue weighted by atomic mass is 16.5. The van der Waals surface area contributed by atoms with Gasteiger partial charge in [0.2, 0.25) is 0 Å². The van der Waals surface area contributed by atoms with Gasteiger partial charge in [0.1, 0.15) is 11.5 Å². The number of piperidine rings is 1. The lowest BCUT2D eigenvalue weighted by atomic mass is 9.96. The first kappa shape index (κ1) is 21.5. The molecule has 6 nitrogen and oxygen atoms in total. The van der Waals surface area contributed by atoms with Gasteiger partial charge in [0.05, 0.1) is 20.8 Å². The minimum Gasteiger partial charge on any atom is -0.497 e. The van der Waals surface area contributed by atoms with Gasteiger partial charge in [-0.3, -0.25) is 4.90 Å². The van der Waals surface area contributed by atoms with Crippen LogP contribution in [0.25, 0.3) is 0 Å². The normalized spacial score (nSPS) is 22.7. The van der Waals surface area contributed by atoms with Crippen molar-refractivity contribution in [3.8, 4) is 11.5 Å². The van der Waals surface area contributed by atoms with E-state index in [1.807, 2.05) is 25.2 Å². The summed E-state index contributed by atoms with van der Waals surface area (Å²) in [6, 6.07) is 17.6. The number of nitrogens with one attached hydrogen (secondary N) is 1. The van der Waals surface area contributed by atoms with Crippen LogP contribution in [0.3, 0.4) is 0 Å². The molecule has 0 spiro atoms. The van der Waals surface area contributed by atoms with Crippen molar-refractivity contribution in [1.82, 2.24) is 15.1 Å². The molecule has 2 saturated heterocycles. The molecular formula is C25H33N3O3. The Kier molecular flexibility index (Phi) is 6.66. The number of urea groups is 1. The number of rotatable bonds is 7. The molecule has 2 aliphatic heterocycles. The van der Waals surface area contributed by atoms with Gasteiger partial charge in [-0.2, -0.15) is 0 Å². The second-order valence-electron chi connectivity index (χ2n) is 8.69. The van der Waals surface area contributed by atoms with Crippen LogP contribution in [0, 0.1) is 0 Å². The van der Waals surface area contributed by atoms with Gasteiger partial charge in [0.15, 0.2) is 0 Å². The van der Waals surface area contributed by atoms with Crippen LogP contribution in [0.1, 0.15) is 36.8 Å². The number of benzene rings is 2. The van der Waals surface area contributed by atoms with Crippen molar-refractivity contribution in [2.45, 2.75) is 56.9 Å². The first-order chi connectivity index (χ1) is 15.1. The zero-order valence-corrected chi connectivity index (χ0v) is 18.7. The predicted octanol–water partition coefficient (Wildman–Crippen LogP) is 4.04. The van der Waals surface area contributed by atoms with Gasteiger partial charge in [-0.05, 0) is 49.4 Å². The topological polar surface area (TPSA) is 54.0 Å². The second kappa shape index (κ2) is 9.60. The fraction of sp³-hybridized carbons (Fsp3) is 0.480. The van der Waals surface area contributed by atoms with Gasteiger partial charge >= 0.3 is 6.03 Å². The van der Waals surface area contributed by atoms with E-state index in [1.54, 1.807) is 19.1 Å². The molecule has 2 aromatic carbocycles. The number of amides is 2. The van der Waals surface area contributed by atoms with Crippen molar-refractivity contribution in [3.63, 3.8) is 0 Å². The van der Waals surface area contributed by atoms with E-state index in [2.05, 4.69) is 40.5 Å². The smallest absolute Gasteiger partial charge is 0.317 e. The number of carbonyl (C=O) groups is 1. The summed E-state index contributed by atoms with van der Waals surface area (Å²) in [6.45, 7) is 1.47. The van der Waals surface area contributed by atoms with Crippen LogP contribution >= 0.6 is 0 Å². The number of hydrogen-bond acceptors (Lipinski definition) is 4. The quantitative estimate of drug-likeness (QED) is 0.730. The largest absolute Gasteiger partial charge is 0.497 e. The van der Waals surface area contributed by atoms with Gasteiger partial charge in [0.25, 0.3) is 0 Å². The molecule has 2 aromatic rings. The Morgan fingerprint density at radius 2 is 1.77 bits per heavy atom. The number of ether oxygens (including phenoxy) is 2. The van der Waals surface area contributed by atoms with Gasteiger partial charge < -0.3 is 19.7 Å². The number of fused-ring (bicyclic) bond motifs is 2. The van der Waals surface area contributed by atoms with Crippen molar-refractivity contribution >= 4 is 6.03 Å². The third kappa shape index (κ3) is 4.96. The number of carbonyl (C=O) groups excluding carboxylic acids is 1. The summed E-state index contributed by atoms with van der Waals surface area (Å²) in [6.07, 6.45) is 4.48. The standard InChI is InChI=1S/C25H33N3O3/c1-27(17-19-13-23(30-2)11-12-24(19)31-3)25(29)26-20-14-21-9-10-22(15-20)28(21)16-18-7-5-4-6-8-18/h4-8,11-13,20-22H,9-10,14-17H2,1-3H3,(H,26,29). The predicted molar refractivity (Wildman–Crippen MR) is 121 cm³/mol. The summed E-state index contributed by atoms with van der Waals surface area (Å²) >= 11 is 0. The van der Waals surface area contributed by atoms with Gasteiger partial charge in [0, 0.05) is 37.3 Å². The van der Waals surface area contributed by atoms with E-state index in [1.165, 1.54) is 18.4 Å². The molecule has 0 aromatic heterocycles. The molecule has 2 atom stereocenters. The monoisotopic (exact) mass is 423 g/mol. The van der Waals surface area contributed by atoms with Crippen LogP contribution in [0.2, 0.25) is 0 Å². The van der Waals surface area contributed by atoms with E-state index >= 15 is 0 Å². The Labute approximate surface area is 185 Å². The average Bonchev–Trinajstić information content (AvgIpc) is 3.01. The highest BCUT2D eigenvalue weighted by Gasteiger charge is 2.41. The summed E-state index contributed by atoms with van der Waals surface area (Å²) in [5, 5.41) is 3.28. The van der Waals surface area contributed by atoms with Crippen molar-refractivity contribution in [2.75, 3.05) is 21.3 Å². The summed E-state index contributed by atoms with van der Waals surface area (Å²) in [5.41, 5.74) is 2.30. The third-order valence-electron chi connectivity index (χ3n) is 6.66. The second-order valence-corrected chi connectivity index (χ2v) is 8.69. The van der Waals surface area contributed by atoms with Crippen LogP contribution in [0.4, 0.5) is 4.79 Å². The minimum absolute atomic E-state index is 0.0363. The molecule has 4 rings (SSSR count). The fourth-order valence-electron chi connectivity index (χ4n) is 5.06. The number of methoxy groups -OCH3 is 2. The molecular weight excluding hydrogens is 390 g/mol. The zero-order valence-electron chi connectivity index (χ0n) is 18.7. The van der Waals surface area contributed by atoms with Crippen molar-refractivity contribution < 1.29 is 14.3 Å². The van der Waals surface area contributed by atoms with E-state index in [0.717, 1.165) is 36.4 Å². The zero-order chi connectivity index (χ0) is 21.8. The van der Waals surface area contributed by atoms with Crippen LogP contribution in [-0.4, -0.2) is 55.2 Å². The lowest BCUT2D eigenvalue weighted by Crippen LogP contribution is -2.52. The van der Waals surface area contributed by atoms with E-state index in [0.29, 0.717) is 18.6 Å². The Hall–Kier alpha value is -2.73. The van der Waals surface area contributed by atoms with Gasteiger partial charge in [-0.1, -0.05) is 30.3 Å². The van der Waals surface area contributed by atoms with E-state index < -0.39 is 0 Å². The summed E-state index contributed by atoms with van der Waals surface area (Å²) in [4.78, 5) is 17.3. The molecule has 2 amide bonds. The Morgan fingerprint density at radius 3 is 2.42 bits per heavy atom. The summed E-state index contributed by atoms with van der Waals surface area (Å²) < 4.78 is 10.8. The molecule has 0 radical (unpaired) electrons. The van der Waals surface area contributed by atoms with Crippen molar-refractivity contribution in [2.24, 2.45) is 0 Å². The number of nitrogens with zero attached hydrogens (tertiary/aromatic N) is 2. The van der Waals surface area contributed by atoms with Gasteiger partial charge in [-0.25, -0.2) is 4.79 Å². The molecule has 1 N–H and O–H groups in total. The lowest BCUT2D eigenvalue weighted by molar-refractivity contribution is 0.108. The minimum atomic E-state index is -0.0363. The van der Waals surface area contributed by atoms with E-state index in [9.17, 15) is 4.79 Å². The van der Waals surface area contributed by atoms with E-state index in [-0.39, 0.29) is 12.1 Å². The third-order valence-corrected chi connectivity index (χ3v) is 6.66. The molecule has 2 bridgehead atoms. The number of hydrogen-bond donors (Lipinski definition) is 1. The molecule has 2 heterocycles. The van der Waals surface area contributed by atoms with Crippen LogP contribution in [0.5, 0.6) is 11.5 Å². The van der Waals surface area contributed by atoms with E-state index in [4.69, 9.17) is 9.47 Å². The molecule has 2 aliphatic rings. The highest BCUT2D eigenvalue weighted by Crippen LogP contribution is 2.37. The average molecular weight is 424 g/mol.